The lowest BCUT2D eigenvalue weighted by molar-refractivity contribution is -0.167. The maximum Gasteiger partial charge on any atom is 0.306 e. The van der Waals surface area contributed by atoms with E-state index in [1.54, 1.807) is 0 Å². The lowest BCUT2D eigenvalue weighted by Crippen LogP contribution is -2.30. The summed E-state index contributed by atoms with van der Waals surface area (Å²) in [6.07, 6.45) is 57.4. The van der Waals surface area contributed by atoms with Gasteiger partial charge in [-0.15, -0.1) is 0 Å². The van der Waals surface area contributed by atoms with Crippen LogP contribution in [0.25, 0.3) is 0 Å². The minimum atomic E-state index is -0.786. The molecule has 0 aromatic carbocycles. The van der Waals surface area contributed by atoms with Crippen LogP contribution in [0.3, 0.4) is 0 Å². The predicted molar refractivity (Wildman–Crippen MR) is 242 cm³/mol. The van der Waals surface area contributed by atoms with Gasteiger partial charge < -0.3 is 14.2 Å². The third-order valence-electron chi connectivity index (χ3n) is 9.36. The Hall–Kier alpha value is -3.41. The minimum absolute atomic E-state index is 0.0894. The molecule has 6 nitrogen and oxygen atoms in total. The molecule has 6 heteroatoms. The van der Waals surface area contributed by atoms with Crippen LogP contribution in [0.1, 0.15) is 201 Å². The number of carbonyl (C=O) groups is 3. The van der Waals surface area contributed by atoms with E-state index >= 15 is 0 Å². The Bertz CT molecular complexity index is 1140. The average Bonchev–Trinajstić information content (AvgIpc) is 3.21. The van der Waals surface area contributed by atoms with Gasteiger partial charge in [0, 0.05) is 19.3 Å². The van der Waals surface area contributed by atoms with Crippen molar-refractivity contribution in [2.75, 3.05) is 13.2 Å². The van der Waals surface area contributed by atoms with E-state index in [1.807, 2.05) is 0 Å². The summed E-state index contributed by atoms with van der Waals surface area (Å²) in [4.78, 5) is 37.5. The van der Waals surface area contributed by atoms with Gasteiger partial charge >= 0.3 is 17.9 Å². The number of hydrogen-bond donors (Lipinski definition) is 0. The minimum Gasteiger partial charge on any atom is -0.462 e. The van der Waals surface area contributed by atoms with Gasteiger partial charge in [-0.25, -0.2) is 0 Å². The molecule has 0 aliphatic rings. The summed E-state index contributed by atoms with van der Waals surface area (Å²) in [6, 6.07) is 0. The molecule has 0 aliphatic heterocycles. The van der Waals surface area contributed by atoms with E-state index in [1.165, 1.54) is 32.1 Å². The molecule has 0 aromatic heterocycles. The van der Waals surface area contributed by atoms with Crippen molar-refractivity contribution in [1.82, 2.24) is 0 Å². The fraction of sp³-hybridized carbons (Fsp3) is 0.667. The molecule has 0 N–H and O–H groups in total. The summed E-state index contributed by atoms with van der Waals surface area (Å²) in [5.74, 6) is -0.945. The first-order chi connectivity index (χ1) is 28.0. The van der Waals surface area contributed by atoms with Crippen molar-refractivity contribution in [3.63, 3.8) is 0 Å². The SMILES string of the molecule is CC/C=C\C/C=C\C/C=C\C/C=C\C/C=C\C/C=C\CCCCCCC(=O)OCC(COC(=O)CCCCCCCC)OC(=O)CCCCCCC/C=C\CCC. The second-order valence-electron chi connectivity index (χ2n) is 14.9. The molecular formula is C51H84O6. The molecule has 1 unspecified atom stereocenters. The topological polar surface area (TPSA) is 78.9 Å². The number of unbranched alkanes of at least 4 members (excludes halogenated alkanes) is 15. The summed E-state index contributed by atoms with van der Waals surface area (Å²) in [7, 11) is 0. The zero-order valence-corrected chi connectivity index (χ0v) is 36.8. The molecule has 0 saturated heterocycles. The Morgan fingerprint density at radius 2 is 0.719 bits per heavy atom. The molecule has 0 spiro atoms. The summed E-state index contributed by atoms with van der Waals surface area (Å²) in [5, 5.41) is 0. The van der Waals surface area contributed by atoms with Crippen molar-refractivity contribution >= 4 is 17.9 Å². The lowest BCUT2D eigenvalue weighted by Gasteiger charge is -2.18. The normalized spacial score (nSPS) is 12.8. The fourth-order valence-corrected chi connectivity index (χ4v) is 5.92. The second-order valence-corrected chi connectivity index (χ2v) is 14.9. The predicted octanol–water partition coefficient (Wildman–Crippen LogP) is 14.9. The van der Waals surface area contributed by atoms with Gasteiger partial charge in [0.1, 0.15) is 13.2 Å². The van der Waals surface area contributed by atoms with E-state index in [4.69, 9.17) is 14.2 Å². The Morgan fingerprint density at radius 1 is 0.368 bits per heavy atom. The van der Waals surface area contributed by atoms with Gasteiger partial charge in [-0.1, -0.05) is 176 Å². The molecule has 0 fully saturated rings. The number of allylic oxidation sites excluding steroid dienone is 14. The van der Waals surface area contributed by atoms with Gasteiger partial charge in [-0.2, -0.15) is 0 Å². The van der Waals surface area contributed by atoms with Crippen LogP contribution in [0.15, 0.2) is 85.1 Å². The van der Waals surface area contributed by atoms with Gasteiger partial charge in [-0.3, -0.25) is 14.4 Å². The van der Waals surface area contributed by atoms with Gasteiger partial charge in [-0.05, 0) is 89.9 Å². The largest absolute Gasteiger partial charge is 0.462 e. The highest BCUT2D eigenvalue weighted by Crippen LogP contribution is 2.12. The number of rotatable bonds is 40. The van der Waals surface area contributed by atoms with Crippen LogP contribution in [0, 0.1) is 0 Å². The Balaban J connectivity index is 4.26. The Kier molecular flexibility index (Phi) is 42.6. The molecule has 0 bridgehead atoms. The molecule has 0 saturated carbocycles. The van der Waals surface area contributed by atoms with Crippen molar-refractivity contribution < 1.29 is 28.6 Å². The van der Waals surface area contributed by atoms with Crippen LogP contribution in [0.2, 0.25) is 0 Å². The zero-order valence-electron chi connectivity index (χ0n) is 36.8. The summed E-state index contributed by atoms with van der Waals surface area (Å²) in [5.41, 5.74) is 0. The van der Waals surface area contributed by atoms with E-state index in [2.05, 4.69) is 106 Å². The standard InChI is InChI=1S/C51H84O6/c1-4-7-10-13-16-18-20-21-22-23-24-25-26-27-28-29-30-31-32-34-35-38-41-44-50(53)56-47-48(46-55-49(52)43-40-37-15-12-9-6-3)57-51(54)45-42-39-36-33-19-17-14-11-8-5-2/h7,10-11,14,16,18,21-22,24-25,27-28,30-31,48H,4-6,8-9,12-13,15,17,19-20,23,26,29,32-47H2,1-3H3/b10-7-,14-11-,18-16-,22-21-,25-24-,28-27-,31-30-. The van der Waals surface area contributed by atoms with Crippen LogP contribution in [-0.4, -0.2) is 37.2 Å². The van der Waals surface area contributed by atoms with Crippen molar-refractivity contribution in [2.24, 2.45) is 0 Å². The summed E-state index contributed by atoms with van der Waals surface area (Å²) in [6.45, 7) is 6.34. The summed E-state index contributed by atoms with van der Waals surface area (Å²) < 4.78 is 16.6. The molecule has 0 aromatic rings. The smallest absolute Gasteiger partial charge is 0.306 e. The molecule has 0 amide bonds. The number of ether oxygens (including phenoxy) is 3. The third-order valence-corrected chi connectivity index (χ3v) is 9.36. The van der Waals surface area contributed by atoms with Gasteiger partial charge in [0.25, 0.3) is 0 Å². The molecule has 0 heterocycles. The van der Waals surface area contributed by atoms with Gasteiger partial charge in [0.05, 0.1) is 0 Å². The van der Waals surface area contributed by atoms with Crippen molar-refractivity contribution in [2.45, 2.75) is 207 Å². The Morgan fingerprint density at radius 3 is 1.16 bits per heavy atom. The van der Waals surface area contributed by atoms with Crippen molar-refractivity contribution in [1.29, 1.82) is 0 Å². The van der Waals surface area contributed by atoms with Crippen molar-refractivity contribution in [3.05, 3.63) is 85.1 Å². The van der Waals surface area contributed by atoms with E-state index < -0.39 is 6.10 Å². The number of hydrogen-bond acceptors (Lipinski definition) is 6. The van der Waals surface area contributed by atoms with E-state index in [0.717, 1.165) is 128 Å². The lowest BCUT2D eigenvalue weighted by atomic mass is 10.1. The van der Waals surface area contributed by atoms with Gasteiger partial charge in [0.15, 0.2) is 6.10 Å². The highest BCUT2D eigenvalue weighted by molar-refractivity contribution is 5.71. The maximum absolute atomic E-state index is 12.6. The molecule has 0 aliphatic carbocycles. The number of esters is 3. The molecule has 0 rings (SSSR count). The molecule has 1 atom stereocenters. The maximum atomic E-state index is 12.6. The zero-order chi connectivity index (χ0) is 41.5. The van der Waals surface area contributed by atoms with E-state index in [0.29, 0.717) is 19.3 Å². The highest BCUT2D eigenvalue weighted by Gasteiger charge is 2.19. The number of carbonyl (C=O) groups excluding carboxylic acids is 3. The molecule has 57 heavy (non-hydrogen) atoms. The first kappa shape index (κ1) is 53.6. The summed E-state index contributed by atoms with van der Waals surface area (Å²) >= 11 is 0. The highest BCUT2D eigenvalue weighted by atomic mass is 16.6. The first-order valence-electron chi connectivity index (χ1n) is 23.1. The van der Waals surface area contributed by atoms with Crippen LogP contribution in [-0.2, 0) is 28.6 Å². The Labute approximate surface area is 350 Å². The van der Waals surface area contributed by atoms with E-state index in [9.17, 15) is 14.4 Å². The average molecular weight is 793 g/mol. The first-order valence-corrected chi connectivity index (χ1v) is 23.1. The van der Waals surface area contributed by atoms with E-state index in [-0.39, 0.29) is 31.1 Å². The molecule has 324 valence electrons. The quantitative estimate of drug-likeness (QED) is 0.0266. The van der Waals surface area contributed by atoms with Gasteiger partial charge in [0.2, 0.25) is 0 Å². The van der Waals surface area contributed by atoms with Crippen LogP contribution >= 0.6 is 0 Å². The third kappa shape index (κ3) is 43.6. The second kappa shape index (κ2) is 45.3. The monoisotopic (exact) mass is 793 g/mol. The molecule has 0 radical (unpaired) electrons. The molecular weight excluding hydrogens is 709 g/mol. The van der Waals surface area contributed by atoms with Crippen LogP contribution in [0.4, 0.5) is 0 Å². The fourth-order valence-electron chi connectivity index (χ4n) is 5.92. The van der Waals surface area contributed by atoms with Crippen LogP contribution < -0.4 is 0 Å². The van der Waals surface area contributed by atoms with Crippen molar-refractivity contribution in [3.8, 4) is 0 Å². The van der Waals surface area contributed by atoms with Crippen LogP contribution in [0.5, 0.6) is 0 Å².